The second kappa shape index (κ2) is 7.70. The molecule has 0 unspecified atom stereocenters. The highest BCUT2D eigenvalue weighted by atomic mass is 16.5. The third kappa shape index (κ3) is 4.66. The van der Waals surface area contributed by atoms with Crippen molar-refractivity contribution >= 4 is 5.91 Å². The molecule has 0 aliphatic rings. The van der Waals surface area contributed by atoms with E-state index in [0.29, 0.717) is 18.3 Å². The standard InChI is InChI=1S/C16H22N4O2/c1-3-4-8-20(10-14(17)21)11-15-18-16(19-22-15)13-7-5-6-12(2)9-13/h5-7,9H,3-4,8,10-11H2,1-2H3,(H2,17,21). The number of rotatable bonds is 8. The van der Waals surface area contributed by atoms with Crippen LogP contribution in [0.1, 0.15) is 31.2 Å². The van der Waals surface area contributed by atoms with Crippen LogP contribution in [-0.4, -0.2) is 34.0 Å². The van der Waals surface area contributed by atoms with Crippen LogP contribution < -0.4 is 5.73 Å². The number of hydrogen-bond donors (Lipinski definition) is 1. The van der Waals surface area contributed by atoms with Crippen molar-refractivity contribution in [1.29, 1.82) is 0 Å². The van der Waals surface area contributed by atoms with E-state index in [1.165, 1.54) is 0 Å². The zero-order chi connectivity index (χ0) is 15.9. The number of carbonyl (C=O) groups excluding carboxylic acids is 1. The average molecular weight is 302 g/mol. The molecule has 0 fully saturated rings. The lowest BCUT2D eigenvalue weighted by Gasteiger charge is -2.17. The fraction of sp³-hybridized carbons (Fsp3) is 0.438. The van der Waals surface area contributed by atoms with E-state index in [4.69, 9.17) is 10.3 Å². The lowest BCUT2D eigenvalue weighted by Crippen LogP contribution is -2.34. The lowest BCUT2D eigenvalue weighted by molar-refractivity contribution is -0.119. The molecule has 0 saturated heterocycles. The first-order valence-corrected chi connectivity index (χ1v) is 7.48. The van der Waals surface area contributed by atoms with Crippen LogP contribution in [0.2, 0.25) is 0 Å². The summed E-state index contributed by atoms with van der Waals surface area (Å²) in [5, 5.41) is 4.01. The van der Waals surface area contributed by atoms with Gasteiger partial charge in [-0.15, -0.1) is 0 Å². The zero-order valence-electron chi connectivity index (χ0n) is 13.1. The van der Waals surface area contributed by atoms with Crippen molar-refractivity contribution in [2.75, 3.05) is 13.1 Å². The predicted molar refractivity (Wildman–Crippen MR) is 83.9 cm³/mol. The minimum Gasteiger partial charge on any atom is -0.369 e. The highest BCUT2D eigenvalue weighted by molar-refractivity contribution is 5.75. The SMILES string of the molecule is CCCCN(CC(N)=O)Cc1nc(-c2cccc(C)c2)no1. The van der Waals surface area contributed by atoms with Gasteiger partial charge in [0.15, 0.2) is 0 Å². The van der Waals surface area contributed by atoms with Crippen molar-refractivity contribution in [3.63, 3.8) is 0 Å². The number of nitrogens with two attached hydrogens (primary N) is 1. The maximum Gasteiger partial charge on any atom is 0.241 e. The van der Waals surface area contributed by atoms with Crippen LogP contribution in [0.3, 0.4) is 0 Å². The zero-order valence-corrected chi connectivity index (χ0v) is 13.1. The molecule has 0 aliphatic carbocycles. The van der Waals surface area contributed by atoms with Gasteiger partial charge in [-0.1, -0.05) is 42.3 Å². The number of aryl methyl sites for hydroxylation is 1. The maximum atomic E-state index is 11.1. The molecule has 2 N–H and O–H groups in total. The Labute approximate surface area is 130 Å². The van der Waals surface area contributed by atoms with Gasteiger partial charge in [-0.05, 0) is 26.0 Å². The Morgan fingerprint density at radius 3 is 2.91 bits per heavy atom. The summed E-state index contributed by atoms with van der Waals surface area (Å²) in [5.74, 6) is 0.705. The van der Waals surface area contributed by atoms with Crippen molar-refractivity contribution in [2.45, 2.75) is 33.2 Å². The van der Waals surface area contributed by atoms with Crippen LogP contribution in [0, 0.1) is 6.92 Å². The molecule has 0 spiro atoms. The Hall–Kier alpha value is -2.21. The van der Waals surface area contributed by atoms with Gasteiger partial charge < -0.3 is 10.3 Å². The molecule has 2 aromatic rings. The van der Waals surface area contributed by atoms with Crippen molar-refractivity contribution in [2.24, 2.45) is 5.73 Å². The van der Waals surface area contributed by atoms with E-state index in [1.807, 2.05) is 36.1 Å². The molecule has 0 saturated carbocycles. The molecule has 0 aliphatic heterocycles. The number of hydrogen-bond acceptors (Lipinski definition) is 5. The minimum absolute atomic E-state index is 0.197. The Morgan fingerprint density at radius 2 is 2.23 bits per heavy atom. The third-order valence-electron chi connectivity index (χ3n) is 3.31. The van der Waals surface area contributed by atoms with E-state index < -0.39 is 0 Å². The van der Waals surface area contributed by atoms with E-state index >= 15 is 0 Å². The molecule has 118 valence electrons. The summed E-state index contributed by atoms with van der Waals surface area (Å²) in [6.45, 7) is 5.53. The van der Waals surface area contributed by atoms with Gasteiger partial charge in [0.2, 0.25) is 17.6 Å². The van der Waals surface area contributed by atoms with Gasteiger partial charge in [-0.25, -0.2) is 0 Å². The second-order valence-electron chi connectivity index (χ2n) is 5.41. The molecule has 1 amide bonds. The number of aromatic nitrogens is 2. The van der Waals surface area contributed by atoms with E-state index in [-0.39, 0.29) is 12.5 Å². The van der Waals surface area contributed by atoms with Gasteiger partial charge in [0.1, 0.15) is 0 Å². The highest BCUT2D eigenvalue weighted by Crippen LogP contribution is 2.17. The Bertz CT molecular complexity index is 624. The molecule has 2 rings (SSSR count). The summed E-state index contributed by atoms with van der Waals surface area (Å²) >= 11 is 0. The molecule has 22 heavy (non-hydrogen) atoms. The molecule has 6 nitrogen and oxygen atoms in total. The van der Waals surface area contributed by atoms with Crippen molar-refractivity contribution < 1.29 is 9.32 Å². The topological polar surface area (TPSA) is 85.2 Å². The van der Waals surface area contributed by atoms with Gasteiger partial charge in [0.25, 0.3) is 0 Å². The fourth-order valence-corrected chi connectivity index (χ4v) is 2.23. The Morgan fingerprint density at radius 1 is 1.41 bits per heavy atom. The smallest absolute Gasteiger partial charge is 0.241 e. The van der Waals surface area contributed by atoms with Crippen molar-refractivity contribution in [1.82, 2.24) is 15.0 Å². The first-order valence-electron chi connectivity index (χ1n) is 7.48. The summed E-state index contributed by atoms with van der Waals surface area (Å²) in [5.41, 5.74) is 7.35. The highest BCUT2D eigenvalue weighted by Gasteiger charge is 2.14. The Balaban J connectivity index is 2.07. The van der Waals surface area contributed by atoms with Crippen molar-refractivity contribution in [3.8, 4) is 11.4 Å². The molecular formula is C16H22N4O2. The van der Waals surface area contributed by atoms with Gasteiger partial charge in [-0.2, -0.15) is 4.98 Å². The molecule has 1 aromatic carbocycles. The average Bonchev–Trinajstić information content (AvgIpc) is 2.93. The first kappa shape index (κ1) is 16.2. The van der Waals surface area contributed by atoms with E-state index in [1.54, 1.807) is 0 Å². The number of benzene rings is 1. The number of primary amides is 1. The monoisotopic (exact) mass is 302 g/mol. The largest absolute Gasteiger partial charge is 0.369 e. The van der Waals surface area contributed by atoms with Crippen LogP contribution in [0.5, 0.6) is 0 Å². The van der Waals surface area contributed by atoms with E-state index in [0.717, 1.165) is 30.5 Å². The quantitative estimate of drug-likeness (QED) is 0.807. The summed E-state index contributed by atoms with van der Waals surface area (Å²) in [4.78, 5) is 17.5. The second-order valence-corrected chi connectivity index (χ2v) is 5.41. The van der Waals surface area contributed by atoms with Crippen LogP contribution in [-0.2, 0) is 11.3 Å². The maximum absolute atomic E-state index is 11.1. The molecule has 6 heteroatoms. The predicted octanol–water partition coefficient (Wildman–Crippen LogP) is 2.13. The molecule has 1 aromatic heterocycles. The first-order chi connectivity index (χ1) is 10.6. The number of amides is 1. The molecule has 1 heterocycles. The fourth-order valence-electron chi connectivity index (χ4n) is 2.23. The normalized spacial score (nSPS) is 11.0. The number of unbranched alkanes of at least 4 members (excludes halogenated alkanes) is 1. The van der Waals surface area contributed by atoms with Crippen molar-refractivity contribution in [3.05, 3.63) is 35.7 Å². The summed E-state index contributed by atoms with van der Waals surface area (Å²) < 4.78 is 5.30. The third-order valence-corrected chi connectivity index (χ3v) is 3.31. The van der Waals surface area contributed by atoms with Crippen LogP contribution in [0.25, 0.3) is 11.4 Å². The number of nitrogens with zero attached hydrogens (tertiary/aromatic N) is 3. The minimum atomic E-state index is -0.352. The van der Waals surface area contributed by atoms with E-state index in [9.17, 15) is 4.79 Å². The molecule has 0 bridgehead atoms. The van der Waals surface area contributed by atoms with Gasteiger partial charge in [0.05, 0.1) is 13.1 Å². The molecule has 0 atom stereocenters. The van der Waals surface area contributed by atoms with Crippen LogP contribution in [0.15, 0.2) is 28.8 Å². The molecular weight excluding hydrogens is 280 g/mol. The van der Waals surface area contributed by atoms with E-state index in [2.05, 4.69) is 17.1 Å². The molecule has 0 radical (unpaired) electrons. The number of carbonyl (C=O) groups is 1. The van der Waals surface area contributed by atoms with Gasteiger partial charge in [0, 0.05) is 5.56 Å². The summed E-state index contributed by atoms with van der Waals surface area (Å²) in [6.07, 6.45) is 2.04. The van der Waals surface area contributed by atoms with Gasteiger partial charge >= 0.3 is 0 Å². The van der Waals surface area contributed by atoms with Crippen LogP contribution in [0.4, 0.5) is 0 Å². The summed E-state index contributed by atoms with van der Waals surface area (Å²) in [6, 6.07) is 7.93. The van der Waals surface area contributed by atoms with Gasteiger partial charge in [-0.3, -0.25) is 9.69 Å². The Kier molecular flexibility index (Phi) is 5.66. The lowest BCUT2D eigenvalue weighted by atomic mass is 10.1. The summed E-state index contributed by atoms with van der Waals surface area (Å²) in [7, 11) is 0. The van der Waals surface area contributed by atoms with Crippen LogP contribution >= 0.6 is 0 Å².